The third-order valence-electron chi connectivity index (χ3n) is 3.30. The molecule has 0 bridgehead atoms. The van der Waals surface area contributed by atoms with Crippen molar-refractivity contribution < 1.29 is 18.3 Å². The lowest BCUT2D eigenvalue weighted by atomic mass is 10.2. The highest BCUT2D eigenvalue weighted by Gasteiger charge is 2.24. The van der Waals surface area contributed by atoms with Crippen molar-refractivity contribution in [2.75, 3.05) is 44.7 Å². The number of rotatable bonds is 6. The molecule has 0 amide bonds. The summed E-state index contributed by atoms with van der Waals surface area (Å²) in [5.41, 5.74) is 0. The Bertz CT molecular complexity index is 375. The molecular formula is C11H22N2O4S. The van der Waals surface area contributed by atoms with Crippen LogP contribution in [0.5, 0.6) is 0 Å². The van der Waals surface area contributed by atoms with Gasteiger partial charge in [-0.2, -0.15) is 0 Å². The first-order valence-electron chi connectivity index (χ1n) is 6.16. The average molecular weight is 278 g/mol. The predicted octanol–water partition coefficient (Wildman–Crippen LogP) is -0.488. The molecule has 106 valence electrons. The quantitative estimate of drug-likeness (QED) is 0.706. The average Bonchev–Trinajstić information content (AvgIpc) is 2.27. The number of piperazine rings is 1. The van der Waals surface area contributed by atoms with E-state index in [-0.39, 0.29) is 5.75 Å². The van der Waals surface area contributed by atoms with E-state index in [1.54, 1.807) is 6.92 Å². The number of hydrogen-bond donors (Lipinski definition) is 1. The van der Waals surface area contributed by atoms with Crippen molar-refractivity contribution in [2.24, 2.45) is 0 Å². The zero-order valence-corrected chi connectivity index (χ0v) is 11.8. The highest BCUT2D eigenvalue weighted by Crippen LogP contribution is 2.07. The van der Waals surface area contributed by atoms with Crippen LogP contribution in [0.25, 0.3) is 0 Å². The van der Waals surface area contributed by atoms with Crippen LogP contribution in [0, 0.1) is 0 Å². The van der Waals surface area contributed by atoms with E-state index in [1.807, 2.05) is 4.90 Å². The van der Waals surface area contributed by atoms with Crippen molar-refractivity contribution >= 4 is 15.8 Å². The van der Waals surface area contributed by atoms with Crippen molar-refractivity contribution in [3.63, 3.8) is 0 Å². The van der Waals surface area contributed by atoms with E-state index >= 15 is 0 Å². The predicted molar refractivity (Wildman–Crippen MR) is 69.4 cm³/mol. The molecule has 1 fully saturated rings. The molecular weight excluding hydrogens is 256 g/mol. The molecule has 1 atom stereocenters. The standard InChI is InChI=1S/C11H22N2O4S/c1-10(11(14)15)13-7-5-12(6-8-13)4-3-9-18(2,16)17/h10H,3-9H2,1-2H3,(H,14,15). The minimum Gasteiger partial charge on any atom is -0.480 e. The largest absolute Gasteiger partial charge is 0.480 e. The fourth-order valence-electron chi connectivity index (χ4n) is 2.08. The van der Waals surface area contributed by atoms with Gasteiger partial charge in [-0.05, 0) is 19.9 Å². The molecule has 1 heterocycles. The number of carbonyl (C=O) groups is 1. The molecule has 1 rings (SSSR count). The van der Waals surface area contributed by atoms with Gasteiger partial charge >= 0.3 is 5.97 Å². The molecule has 1 saturated heterocycles. The maximum absolute atomic E-state index is 11.0. The van der Waals surface area contributed by atoms with E-state index in [0.717, 1.165) is 32.7 Å². The van der Waals surface area contributed by atoms with Crippen LogP contribution >= 0.6 is 0 Å². The second kappa shape index (κ2) is 6.49. The number of hydrogen-bond acceptors (Lipinski definition) is 5. The minimum atomic E-state index is -2.88. The zero-order chi connectivity index (χ0) is 13.8. The van der Waals surface area contributed by atoms with Crippen LogP contribution in [-0.4, -0.2) is 80.1 Å². The summed E-state index contributed by atoms with van der Waals surface area (Å²) < 4.78 is 22.0. The smallest absolute Gasteiger partial charge is 0.320 e. The summed E-state index contributed by atoms with van der Waals surface area (Å²) in [6.45, 7) is 5.53. The van der Waals surface area contributed by atoms with E-state index < -0.39 is 21.8 Å². The first kappa shape index (κ1) is 15.4. The molecule has 0 aliphatic carbocycles. The molecule has 7 heteroatoms. The molecule has 18 heavy (non-hydrogen) atoms. The van der Waals surface area contributed by atoms with Gasteiger partial charge in [0.05, 0.1) is 5.75 Å². The fourth-order valence-corrected chi connectivity index (χ4v) is 2.73. The third kappa shape index (κ3) is 5.32. The van der Waals surface area contributed by atoms with Crippen molar-refractivity contribution in [1.29, 1.82) is 0 Å². The monoisotopic (exact) mass is 278 g/mol. The Morgan fingerprint density at radius 3 is 2.28 bits per heavy atom. The summed E-state index contributed by atoms with van der Waals surface area (Å²) in [4.78, 5) is 15.0. The maximum Gasteiger partial charge on any atom is 0.320 e. The first-order valence-corrected chi connectivity index (χ1v) is 8.22. The highest BCUT2D eigenvalue weighted by atomic mass is 32.2. The van der Waals surface area contributed by atoms with Crippen molar-refractivity contribution in [3.8, 4) is 0 Å². The Kier molecular flexibility index (Phi) is 5.55. The summed E-state index contributed by atoms with van der Waals surface area (Å²) in [7, 11) is -2.88. The topological polar surface area (TPSA) is 77.9 Å². The van der Waals surface area contributed by atoms with E-state index in [0.29, 0.717) is 6.42 Å². The van der Waals surface area contributed by atoms with Crippen LogP contribution < -0.4 is 0 Å². The zero-order valence-electron chi connectivity index (χ0n) is 11.0. The molecule has 0 radical (unpaired) electrons. The number of aliphatic carboxylic acids is 1. The second-order valence-electron chi connectivity index (χ2n) is 4.88. The Morgan fingerprint density at radius 2 is 1.83 bits per heavy atom. The molecule has 0 spiro atoms. The molecule has 0 saturated carbocycles. The second-order valence-corrected chi connectivity index (χ2v) is 7.14. The molecule has 1 unspecified atom stereocenters. The molecule has 6 nitrogen and oxygen atoms in total. The van der Waals surface area contributed by atoms with Gasteiger partial charge in [0.15, 0.2) is 0 Å². The maximum atomic E-state index is 11.0. The lowest BCUT2D eigenvalue weighted by Gasteiger charge is -2.36. The van der Waals surface area contributed by atoms with Gasteiger partial charge in [-0.3, -0.25) is 9.69 Å². The van der Waals surface area contributed by atoms with Crippen LogP contribution in [0.3, 0.4) is 0 Å². The van der Waals surface area contributed by atoms with Gasteiger partial charge in [-0.15, -0.1) is 0 Å². The van der Waals surface area contributed by atoms with Crippen LogP contribution in [0.2, 0.25) is 0 Å². The van der Waals surface area contributed by atoms with Crippen molar-refractivity contribution in [2.45, 2.75) is 19.4 Å². The lowest BCUT2D eigenvalue weighted by Crippen LogP contribution is -2.51. The summed E-state index contributed by atoms with van der Waals surface area (Å²) in [6, 6.07) is -0.442. The Morgan fingerprint density at radius 1 is 1.28 bits per heavy atom. The SMILES string of the molecule is CC(C(=O)O)N1CCN(CCCS(C)(=O)=O)CC1. The number of carboxylic acids is 1. The van der Waals surface area contributed by atoms with Crippen LogP contribution in [-0.2, 0) is 14.6 Å². The molecule has 1 aliphatic heterocycles. The van der Waals surface area contributed by atoms with Gasteiger partial charge in [0.25, 0.3) is 0 Å². The summed E-state index contributed by atoms with van der Waals surface area (Å²) in [5.74, 6) is -0.570. The van der Waals surface area contributed by atoms with E-state index in [2.05, 4.69) is 4.90 Å². The first-order chi connectivity index (χ1) is 8.29. The highest BCUT2D eigenvalue weighted by molar-refractivity contribution is 7.90. The minimum absolute atomic E-state index is 0.221. The van der Waals surface area contributed by atoms with Crippen LogP contribution in [0.15, 0.2) is 0 Å². The number of sulfone groups is 1. The summed E-state index contributed by atoms with van der Waals surface area (Å²) >= 11 is 0. The Labute approximate surface area is 108 Å². The Hall–Kier alpha value is -0.660. The van der Waals surface area contributed by atoms with Gasteiger partial charge in [0.2, 0.25) is 0 Å². The van der Waals surface area contributed by atoms with E-state index in [4.69, 9.17) is 5.11 Å². The van der Waals surface area contributed by atoms with Gasteiger partial charge in [-0.1, -0.05) is 0 Å². The van der Waals surface area contributed by atoms with E-state index in [1.165, 1.54) is 6.26 Å². The Balaban J connectivity index is 2.25. The molecule has 0 aromatic rings. The molecule has 0 aromatic heterocycles. The lowest BCUT2D eigenvalue weighted by molar-refractivity contribution is -0.143. The van der Waals surface area contributed by atoms with Crippen molar-refractivity contribution in [3.05, 3.63) is 0 Å². The molecule has 1 aliphatic rings. The number of nitrogens with zero attached hydrogens (tertiary/aromatic N) is 2. The molecule has 0 aromatic carbocycles. The van der Waals surface area contributed by atoms with Crippen LogP contribution in [0.1, 0.15) is 13.3 Å². The number of carboxylic acid groups (broad SMARTS) is 1. The van der Waals surface area contributed by atoms with Crippen LogP contribution in [0.4, 0.5) is 0 Å². The van der Waals surface area contributed by atoms with E-state index in [9.17, 15) is 13.2 Å². The van der Waals surface area contributed by atoms with Gasteiger partial charge in [0, 0.05) is 32.4 Å². The van der Waals surface area contributed by atoms with Gasteiger partial charge in [0.1, 0.15) is 15.9 Å². The fraction of sp³-hybridized carbons (Fsp3) is 0.909. The summed E-state index contributed by atoms with van der Waals surface area (Å²) in [5, 5.41) is 8.91. The van der Waals surface area contributed by atoms with Gasteiger partial charge < -0.3 is 10.0 Å². The van der Waals surface area contributed by atoms with Crippen molar-refractivity contribution in [1.82, 2.24) is 9.80 Å². The molecule has 1 N–H and O–H groups in total. The summed E-state index contributed by atoms with van der Waals surface area (Å²) in [6.07, 6.45) is 1.90. The van der Waals surface area contributed by atoms with Gasteiger partial charge in [-0.25, -0.2) is 8.42 Å². The normalized spacial score (nSPS) is 20.8. The third-order valence-corrected chi connectivity index (χ3v) is 4.33.